The number of allylic oxidation sites excluding steroid dienone is 14. The lowest BCUT2D eigenvalue weighted by Crippen LogP contribution is -2.30. The highest BCUT2D eigenvalue weighted by Gasteiger charge is 2.32. The molecule has 0 fully saturated rings. The van der Waals surface area contributed by atoms with Crippen LogP contribution >= 0.6 is 0 Å². The summed E-state index contributed by atoms with van der Waals surface area (Å²) in [5, 5.41) is 26.5. The van der Waals surface area contributed by atoms with E-state index in [2.05, 4.69) is 46.6 Å². The number of nitrogens with zero attached hydrogens (tertiary/aromatic N) is 4. The zero-order chi connectivity index (χ0) is 47.0. The molecule has 0 amide bonds. The standard InChI is InChI=1S/C56H70N4O6/c1-7-11-31-59(32-12-8-2)47-27-19-43(20-28-47)51-53(61)49(54(51)62)41-15-23-45(24-16-41)57(5)35-37-65-39-40-66-38-36-58(6)46-25-17-42(18-26-46)50-55(63)52(56(50)64)44-21-29-48(30-22-44)60(33-13-9-3)34-14-10-4/h15-30H,7-14,31-40H2,1-6H3. The zero-order valence-corrected chi connectivity index (χ0v) is 40.2. The van der Waals surface area contributed by atoms with Crippen LogP contribution in [0.1, 0.15) is 90.2 Å². The van der Waals surface area contributed by atoms with Gasteiger partial charge in [0.25, 0.3) is 0 Å². The van der Waals surface area contributed by atoms with Crippen LogP contribution in [0.3, 0.4) is 0 Å². The average molecular weight is 895 g/mol. The molecule has 0 radical (unpaired) electrons. The number of benzene rings is 2. The van der Waals surface area contributed by atoms with Crippen molar-refractivity contribution in [1.82, 2.24) is 0 Å². The Morgan fingerprint density at radius 3 is 1.06 bits per heavy atom. The maximum absolute atomic E-state index is 13.3. The van der Waals surface area contributed by atoms with Crippen molar-refractivity contribution < 1.29 is 38.4 Å². The number of hydrogen-bond acceptors (Lipinski definition) is 8. The van der Waals surface area contributed by atoms with Crippen molar-refractivity contribution in [2.45, 2.75) is 79.1 Å². The SMILES string of the molecule is CCCCN(CCCC)c1ccc(C2=C([O-])C(=C3C=CC(=[N+](C)CCOCCOCC[N+](C)=C4C=CC(=C5C(=O)C(c6ccc(N(CCCC)CCCC)cc6)=C5[O-])C=C4)C=C3)C2=O)cc1. The van der Waals surface area contributed by atoms with E-state index in [1.807, 2.05) is 111 Å². The summed E-state index contributed by atoms with van der Waals surface area (Å²) in [7, 11) is 3.97. The molecule has 0 bridgehead atoms. The van der Waals surface area contributed by atoms with Crippen LogP contribution in [-0.2, 0) is 19.1 Å². The fraction of sp³-hybridized carbons (Fsp3) is 0.429. The molecule has 0 spiro atoms. The van der Waals surface area contributed by atoms with Crippen molar-refractivity contribution in [3.63, 3.8) is 0 Å². The second-order valence-corrected chi connectivity index (χ2v) is 17.5. The Balaban J connectivity index is 0.911. The molecule has 0 aliphatic heterocycles. The van der Waals surface area contributed by atoms with Crippen molar-refractivity contribution >= 4 is 45.5 Å². The van der Waals surface area contributed by atoms with Crippen molar-refractivity contribution in [3.8, 4) is 0 Å². The lowest BCUT2D eigenvalue weighted by atomic mass is 9.80. The smallest absolute Gasteiger partial charge is 0.199 e. The molecule has 0 N–H and O–H groups in total. The van der Waals surface area contributed by atoms with Gasteiger partial charge in [-0.05, 0) is 96.5 Å². The summed E-state index contributed by atoms with van der Waals surface area (Å²) in [6, 6.07) is 15.8. The van der Waals surface area contributed by atoms with E-state index in [0.29, 0.717) is 61.8 Å². The third kappa shape index (κ3) is 12.1. The first-order valence-electron chi connectivity index (χ1n) is 24.3. The van der Waals surface area contributed by atoms with Crippen molar-refractivity contribution in [2.75, 3.05) is 89.6 Å². The van der Waals surface area contributed by atoms with Crippen LogP contribution < -0.4 is 20.0 Å². The molecular formula is C56H70N4O6. The number of ketones is 2. The summed E-state index contributed by atoms with van der Waals surface area (Å²) >= 11 is 0. The number of hydrogen-bond donors (Lipinski definition) is 0. The third-order valence-electron chi connectivity index (χ3n) is 12.7. The first-order valence-corrected chi connectivity index (χ1v) is 24.3. The van der Waals surface area contributed by atoms with Crippen LogP contribution in [0.15, 0.2) is 131 Å². The number of Topliss-reactive ketones (excluding diaryl/α,β-unsaturated/α-hetero) is 2. The Hall–Kier alpha value is -5.84. The second-order valence-electron chi connectivity index (χ2n) is 17.5. The summed E-state index contributed by atoms with van der Waals surface area (Å²) in [6.07, 6.45) is 24.2. The molecule has 350 valence electrons. The number of ether oxygens (including phenoxy) is 2. The number of carbonyl (C=O) groups is 2. The van der Waals surface area contributed by atoms with E-state index in [0.717, 1.165) is 100 Å². The van der Waals surface area contributed by atoms with Crippen LogP contribution in [-0.4, -0.2) is 112 Å². The van der Waals surface area contributed by atoms with Crippen LogP contribution in [0.5, 0.6) is 0 Å². The Morgan fingerprint density at radius 1 is 0.455 bits per heavy atom. The summed E-state index contributed by atoms with van der Waals surface area (Å²) in [5.41, 5.74) is 7.86. The average Bonchev–Trinajstić information content (AvgIpc) is 3.33. The topological polar surface area (TPSA) is 111 Å². The Bertz CT molecular complexity index is 2170. The van der Waals surface area contributed by atoms with Crippen LogP contribution in [0.4, 0.5) is 11.4 Å². The van der Waals surface area contributed by atoms with Gasteiger partial charge in [0.1, 0.15) is 27.3 Å². The molecule has 4 aliphatic carbocycles. The van der Waals surface area contributed by atoms with Gasteiger partial charge in [-0.15, -0.1) is 0 Å². The maximum Gasteiger partial charge on any atom is 0.199 e. The van der Waals surface area contributed by atoms with E-state index in [1.165, 1.54) is 0 Å². The molecule has 66 heavy (non-hydrogen) atoms. The Labute approximate surface area is 393 Å². The van der Waals surface area contributed by atoms with Crippen LogP contribution in [0.25, 0.3) is 11.1 Å². The monoisotopic (exact) mass is 895 g/mol. The zero-order valence-electron chi connectivity index (χ0n) is 40.2. The molecule has 10 heteroatoms. The largest absolute Gasteiger partial charge is 0.871 e. The summed E-state index contributed by atoms with van der Waals surface area (Å²) in [4.78, 5) is 31.3. The van der Waals surface area contributed by atoms with Gasteiger partial charge in [0, 0.05) is 84.2 Å². The van der Waals surface area contributed by atoms with Crippen molar-refractivity contribution in [1.29, 1.82) is 0 Å². The predicted molar refractivity (Wildman–Crippen MR) is 265 cm³/mol. The molecule has 4 aliphatic rings. The van der Waals surface area contributed by atoms with E-state index in [4.69, 9.17) is 9.47 Å². The van der Waals surface area contributed by atoms with E-state index >= 15 is 0 Å². The third-order valence-corrected chi connectivity index (χ3v) is 12.7. The fourth-order valence-corrected chi connectivity index (χ4v) is 8.40. The lowest BCUT2D eigenvalue weighted by molar-refractivity contribution is -0.500. The molecular weight excluding hydrogens is 825 g/mol. The molecule has 0 unspecified atom stereocenters. The lowest BCUT2D eigenvalue weighted by Gasteiger charge is -2.32. The van der Waals surface area contributed by atoms with Crippen LogP contribution in [0.2, 0.25) is 0 Å². The highest BCUT2D eigenvalue weighted by molar-refractivity contribution is 6.40. The van der Waals surface area contributed by atoms with Gasteiger partial charge in [-0.1, -0.05) is 89.2 Å². The van der Waals surface area contributed by atoms with Crippen molar-refractivity contribution in [2.24, 2.45) is 0 Å². The highest BCUT2D eigenvalue weighted by atomic mass is 16.5. The maximum atomic E-state index is 13.3. The molecule has 2 aromatic rings. The minimum atomic E-state index is -0.197. The van der Waals surface area contributed by atoms with Gasteiger partial charge in [0.15, 0.2) is 36.1 Å². The number of likely N-dealkylation sites (N-methyl/N-ethyl adjacent to an activating group) is 2. The van der Waals surface area contributed by atoms with Gasteiger partial charge < -0.3 is 29.5 Å². The van der Waals surface area contributed by atoms with E-state index in [1.54, 1.807) is 0 Å². The molecule has 0 heterocycles. The molecule has 10 nitrogen and oxygen atoms in total. The van der Waals surface area contributed by atoms with Gasteiger partial charge in [-0.3, -0.25) is 9.59 Å². The number of unbranched alkanes of at least 4 members (excludes halogenated alkanes) is 4. The Morgan fingerprint density at radius 2 is 0.773 bits per heavy atom. The summed E-state index contributed by atoms with van der Waals surface area (Å²) in [5.74, 6) is -0.789. The molecule has 0 aromatic heterocycles. The van der Waals surface area contributed by atoms with Crippen LogP contribution in [0, 0.1) is 0 Å². The van der Waals surface area contributed by atoms with E-state index in [-0.39, 0.29) is 45.4 Å². The molecule has 0 saturated carbocycles. The van der Waals surface area contributed by atoms with E-state index < -0.39 is 0 Å². The molecule has 0 saturated heterocycles. The van der Waals surface area contributed by atoms with Gasteiger partial charge in [0.2, 0.25) is 0 Å². The fourth-order valence-electron chi connectivity index (χ4n) is 8.40. The molecule has 2 aromatic carbocycles. The minimum absolute atomic E-state index is 0.197. The predicted octanol–water partition coefficient (Wildman–Crippen LogP) is 7.55. The van der Waals surface area contributed by atoms with Gasteiger partial charge in [-0.25, -0.2) is 9.15 Å². The van der Waals surface area contributed by atoms with E-state index in [9.17, 15) is 19.8 Å². The normalized spacial score (nSPS) is 15.7. The molecule has 0 atom stereocenters. The summed E-state index contributed by atoms with van der Waals surface area (Å²) < 4.78 is 15.8. The highest BCUT2D eigenvalue weighted by Crippen LogP contribution is 2.39. The van der Waals surface area contributed by atoms with Gasteiger partial charge >= 0.3 is 0 Å². The summed E-state index contributed by atoms with van der Waals surface area (Å²) in [6.45, 7) is 16.1. The van der Waals surface area contributed by atoms with Crippen molar-refractivity contribution in [3.05, 3.63) is 142 Å². The first kappa shape index (κ1) is 49.6. The van der Waals surface area contributed by atoms with Gasteiger partial charge in [-0.2, -0.15) is 0 Å². The first-order chi connectivity index (χ1) is 32.1. The number of anilines is 2. The number of rotatable bonds is 25. The quantitative estimate of drug-likeness (QED) is 0.0571. The van der Waals surface area contributed by atoms with Gasteiger partial charge in [0.05, 0.1) is 13.2 Å². The number of carbonyl (C=O) groups excluding carboxylic acids is 2. The minimum Gasteiger partial charge on any atom is -0.871 e. The molecule has 6 rings (SSSR count). The second kappa shape index (κ2) is 24.6. The Kier molecular flexibility index (Phi) is 18.5.